The average Bonchev–Trinajstić information content (AvgIpc) is 2.16. The Morgan fingerprint density at radius 1 is 1.00 bits per heavy atom. The van der Waals surface area contributed by atoms with Gasteiger partial charge in [0.2, 0.25) is 0 Å². The highest BCUT2D eigenvalue weighted by atomic mass is 14.1. The second-order valence-electron chi connectivity index (χ2n) is 3.69. The normalized spacial score (nSPS) is 10.8. The van der Waals surface area contributed by atoms with Crippen LogP contribution < -0.4 is 0 Å². The fourth-order valence-corrected chi connectivity index (χ4v) is 1.61. The molecule has 0 saturated carbocycles. The molecule has 0 unspecified atom stereocenters. The number of aryl methyl sites for hydroxylation is 2. The zero-order valence-corrected chi connectivity index (χ0v) is 9.15. The Morgan fingerprint density at radius 3 is 2.08 bits per heavy atom. The second kappa shape index (κ2) is 4.45. The lowest BCUT2D eigenvalue weighted by Gasteiger charge is -2.10. The van der Waals surface area contributed by atoms with E-state index in [1.807, 2.05) is 0 Å². The van der Waals surface area contributed by atoms with Crippen LogP contribution in [0.5, 0.6) is 0 Å². The Morgan fingerprint density at radius 2 is 1.62 bits per heavy atom. The minimum atomic E-state index is 1.14. The van der Waals surface area contributed by atoms with Gasteiger partial charge in [0.1, 0.15) is 0 Å². The van der Waals surface area contributed by atoms with Gasteiger partial charge in [0.15, 0.2) is 0 Å². The third kappa shape index (κ3) is 2.33. The molecule has 0 nitrogen and oxygen atoms in total. The number of rotatable bonds is 3. The third-order valence-electron chi connectivity index (χ3n) is 2.55. The summed E-state index contributed by atoms with van der Waals surface area (Å²) in [5.41, 5.74) is 4.38. The summed E-state index contributed by atoms with van der Waals surface area (Å²) in [5.74, 6) is 1.40. The first kappa shape index (κ1) is 10.3. The van der Waals surface area contributed by atoms with Crippen LogP contribution in [0, 0.1) is 5.92 Å². The van der Waals surface area contributed by atoms with E-state index >= 15 is 0 Å². The first-order valence-electron chi connectivity index (χ1n) is 5.11. The minimum Gasteiger partial charge on any atom is -0.0613 e. The molecule has 0 heterocycles. The highest BCUT2D eigenvalue weighted by Crippen LogP contribution is 2.19. The van der Waals surface area contributed by atoms with Crippen molar-refractivity contribution < 1.29 is 0 Å². The zero-order chi connectivity index (χ0) is 9.84. The van der Waals surface area contributed by atoms with E-state index in [0.29, 0.717) is 0 Å². The van der Waals surface area contributed by atoms with Crippen molar-refractivity contribution in [3.63, 3.8) is 0 Å². The Labute approximate surface area is 82.0 Å². The van der Waals surface area contributed by atoms with Crippen molar-refractivity contribution >= 4 is 0 Å². The summed E-state index contributed by atoms with van der Waals surface area (Å²) in [6.45, 7) is 8.78. The lowest BCUT2D eigenvalue weighted by molar-refractivity contribution is 1.02. The quantitative estimate of drug-likeness (QED) is 0.656. The monoisotopic (exact) mass is 175 g/mol. The predicted molar refractivity (Wildman–Crippen MR) is 58.9 cm³/mol. The number of hydrogen-bond donors (Lipinski definition) is 0. The molecule has 0 N–H and O–H groups in total. The maximum Gasteiger partial charge on any atom is -0.00119 e. The molecule has 0 atom stereocenters. The Balaban J connectivity index is 3.05. The summed E-state index contributed by atoms with van der Waals surface area (Å²) in [4.78, 5) is 0. The summed E-state index contributed by atoms with van der Waals surface area (Å²) in [5, 5.41) is 0. The molecule has 0 saturated heterocycles. The Hall–Kier alpha value is -0.780. The third-order valence-corrected chi connectivity index (χ3v) is 2.55. The van der Waals surface area contributed by atoms with Gasteiger partial charge in [-0.05, 0) is 35.4 Å². The topological polar surface area (TPSA) is 0 Å². The number of benzene rings is 1. The SMILES string of the molecule is CCc1ccc([C](C)C)cc1CC. The van der Waals surface area contributed by atoms with Gasteiger partial charge in [-0.15, -0.1) is 0 Å². The van der Waals surface area contributed by atoms with E-state index in [1.165, 1.54) is 22.6 Å². The lowest BCUT2D eigenvalue weighted by atomic mass is 9.95. The first-order valence-corrected chi connectivity index (χ1v) is 5.11. The summed E-state index contributed by atoms with van der Waals surface area (Å²) in [6, 6.07) is 6.82. The van der Waals surface area contributed by atoms with Gasteiger partial charge in [0.25, 0.3) is 0 Å². The highest BCUT2D eigenvalue weighted by molar-refractivity contribution is 5.37. The summed E-state index contributed by atoms with van der Waals surface area (Å²) < 4.78 is 0. The van der Waals surface area contributed by atoms with E-state index in [4.69, 9.17) is 0 Å². The molecule has 0 spiro atoms. The predicted octanol–water partition coefficient (Wildman–Crippen LogP) is 3.77. The van der Waals surface area contributed by atoms with E-state index in [-0.39, 0.29) is 0 Å². The van der Waals surface area contributed by atoms with Crippen LogP contribution in [0.4, 0.5) is 0 Å². The minimum absolute atomic E-state index is 1.14. The van der Waals surface area contributed by atoms with Crippen molar-refractivity contribution in [1.29, 1.82) is 0 Å². The molecule has 0 aromatic heterocycles. The van der Waals surface area contributed by atoms with E-state index in [2.05, 4.69) is 45.9 Å². The van der Waals surface area contributed by atoms with Crippen LogP contribution in [-0.2, 0) is 12.8 Å². The molecule has 1 aromatic carbocycles. The summed E-state index contributed by atoms with van der Waals surface area (Å²) >= 11 is 0. The van der Waals surface area contributed by atoms with E-state index in [0.717, 1.165) is 12.8 Å². The zero-order valence-electron chi connectivity index (χ0n) is 9.15. The molecule has 0 heteroatoms. The molecule has 0 fully saturated rings. The van der Waals surface area contributed by atoms with Gasteiger partial charge in [0.05, 0.1) is 0 Å². The molecule has 13 heavy (non-hydrogen) atoms. The van der Waals surface area contributed by atoms with Crippen LogP contribution in [0.1, 0.15) is 44.4 Å². The van der Waals surface area contributed by atoms with Gasteiger partial charge >= 0.3 is 0 Å². The van der Waals surface area contributed by atoms with Crippen molar-refractivity contribution in [2.45, 2.75) is 40.5 Å². The van der Waals surface area contributed by atoms with Gasteiger partial charge in [-0.2, -0.15) is 0 Å². The standard InChI is InChI=1S/C13H19/c1-5-11-7-8-13(10(3)4)9-12(11)6-2/h7-9H,5-6H2,1-4H3. The molecular weight excluding hydrogens is 156 g/mol. The summed E-state index contributed by atoms with van der Waals surface area (Å²) in [7, 11) is 0. The van der Waals surface area contributed by atoms with Crippen molar-refractivity contribution in [1.82, 2.24) is 0 Å². The molecular formula is C13H19. The molecule has 71 valence electrons. The van der Waals surface area contributed by atoms with E-state index in [1.54, 1.807) is 0 Å². The molecule has 0 bridgehead atoms. The Bertz CT molecular complexity index is 271. The van der Waals surface area contributed by atoms with Crippen molar-refractivity contribution in [2.24, 2.45) is 0 Å². The van der Waals surface area contributed by atoms with Gasteiger partial charge in [0, 0.05) is 0 Å². The van der Waals surface area contributed by atoms with Crippen LogP contribution >= 0.6 is 0 Å². The molecule has 0 aliphatic rings. The second-order valence-corrected chi connectivity index (χ2v) is 3.69. The van der Waals surface area contributed by atoms with Crippen LogP contribution in [-0.4, -0.2) is 0 Å². The number of hydrogen-bond acceptors (Lipinski definition) is 0. The van der Waals surface area contributed by atoms with E-state index in [9.17, 15) is 0 Å². The van der Waals surface area contributed by atoms with Crippen molar-refractivity contribution in [3.8, 4) is 0 Å². The van der Waals surface area contributed by atoms with Crippen molar-refractivity contribution in [3.05, 3.63) is 40.8 Å². The smallest absolute Gasteiger partial charge is 0.00119 e. The van der Waals surface area contributed by atoms with Gasteiger partial charge < -0.3 is 0 Å². The van der Waals surface area contributed by atoms with Crippen LogP contribution in [0.15, 0.2) is 18.2 Å². The molecule has 1 rings (SSSR count). The molecule has 1 radical (unpaired) electrons. The largest absolute Gasteiger partial charge is 0.0613 e. The Kier molecular flexibility index (Phi) is 3.53. The molecule has 1 aromatic rings. The van der Waals surface area contributed by atoms with Crippen LogP contribution in [0.3, 0.4) is 0 Å². The van der Waals surface area contributed by atoms with Gasteiger partial charge in [-0.25, -0.2) is 0 Å². The van der Waals surface area contributed by atoms with E-state index < -0.39 is 0 Å². The van der Waals surface area contributed by atoms with Gasteiger partial charge in [-0.1, -0.05) is 45.9 Å². The molecule has 0 amide bonds. The maximum absolute atomic E-state index is 2.33. The fourth-order valence-electron chi connectivity index (χ4n) is 1.61. The fraction of sp³-hybridized carbons (Fsp3) is 0.462. The summed E-state index contributed by atoms with van der Waals surface area (Å²) in [6.07, 6.45) is 2.29. The molecule has 0 aliphatic carbocycles. The molecule has 0 aliphatic heterocycles. The van der Waals surface area contributed by atoms with Crippen molar-refractivity contribution in [2.75, 3.05) is 0 Å². The highest BCUT2D eigenvalue weighted by Gasteiger charge is 2.03. The first-order chi connectivity index (χ1) is 6.19. The maximum atomic E-state index is 2.33. The van der Waals surface area contributed by atoms with Gasteiger partial charge in [-0.3, -0.25) is 0 Å². The van der Waals surface area contributed by atoms with Crippen LogP contribution in [0.2, 0.25) is 0 Å². The lowest BCUT2D eigenvalue weighted by Crippen LogP contribution is -1.95. The average molecular weight is 175 g/mol. The van der Waals surface area contributed by atoms with Crippen LogP contribution in [0.25, 0.3) is 0 Å².